The van der Waals surface area contributed by atoms with E-state index in [2.05, 4.69) is 35.2 Å². The van der Waals surface area contributed by atoms with Crippen LogP contribution in [0.1, 0.15) is 47.4 Å². The molecule has 1 aliphatic carbocycles. The molecule has 5 nitrogen and oxygen atoms in total. The van der Waals surface area contributed by atoms with Gasteiger partial charge in [0.25, 0.3) is 0 Å². The van der Waals surface area contributed by atoms with Crippen molar-refractivity contribution < 1.29 is 14.3 Å². The van der Waals surface area contributed by atoms with Crippen molar-refractivity contribution in [1.29, 1.82) is 0 Å². The molecular formula is C29H24N2O3. The normalized spacial score (nSPS) is 12.8. The van der Waals surface area contributed by atoms with Crippen molar-refractivity contribution in [2.45, 2.75) is 25.7 Å². The molecule has 0 N–H and O–H groups in total. The predicted molar refractivity (Wildman–Crippen MR) is 132 cm³/mol. The van der Waals surface area contributed by atoms with Gasteiger partial charge in [-0.05, 0) is 73.7 Å². The molecule has 0 aliphatic heterocycles. The van der Waals surface area contributed by atoms with Crippen LogP contribution in [-0.4, -0.2) is 29.0 Å². The summed E-state index contributed by atoms with van der Waals surface area (Å²) in [5, 5.41) is 0.803. The summed E-state index contributed by atoms with van der Waals surface area (Å²) in [6.45, 7) is 2.66. The molecule has 3 aromatic carbocycles. The number of ketones is 1. The van der Waals surface area contributed by atoms with Crippen molar-refractivity contribution in [1.82, 2.24) is 9.97 Å². The van der Waals surface area contributed by atoms with Crippen LogP contribution in [-0.2, 0) is 0 Å². The Bertz CT molecular complexity index is 1380. The number of fused-ring (bicyclic) bond motifs is 1. The molecule has 0 amide bonds. The monoisotopic (exact) mass is 448 g/mol. The molecular weight excluding hydrogens is 424 g/mol. The minimum absolute atomic E-state index is 0.148. The Balaban J connectivity index is 1.58. The topological polar surface area (TPSA) is 61.3 Å². The van der Waals surface area contributed by atoms with E-state index in [1.807, 2.05) is 19.1 Å². The number of nitrogens with zero attached hydrogens (tertiary/aromatic N) is 2. The maximum Gasteiger partial charge on any atom is 0.230 e. The zero-order chi connectivity index (χ0) is 23.5. The highest BCUT2D eigenvalue weighted by atomic mass is 16.5. The summed E-state index contributed by atoms with van der Waals surface area (Å²) in [6.07, 6.45) is 7.83. The summed E-state index contributed by atoms with van der Waals surface area (Å²) in [4.78, 5) is 22.6. The number of rotatable bonds is 8. The fraction of sp³-hybridized carbons (Fsp3) is 0.207. The minimum Gasteiger partial charge on any atom is -0.494 e. The van der Waals surface area contributed by atoms with Gasteiger partial charge in [-0.1, -0.05) is 30.2 Å². The van der Waals surface area contributed by atoms with Crippen LogP contribution in [0.3, 0.4) is 0 Å². The third kappa shape index (κ3) is 4.49. The zero-order valence-electron chi connectivity index (χ0n) is 19.0. The number of hydrogen-bond acceptors (Lipinski definition) is 5. The fourth-order valence-corrected chi connectivity index (χ4v) is 3.97. The Hall–Kier alpha value is -4.17. The van der Waals surface area contributed by atoms with E-state index < -0.39 is 0 Å². The molecule has 0 saturated heterocycles. The van der Waals surface area contributed by atoms with E-state index in [0.29, 0.717) is 35.0 Å². The lowest BCUT2D eigenvalue weighted by Gasteiger charge is -2.11. The molecule has 1 aliphatic rings. The van der Waals surface area contributed by atoms with Crippen molar-refractivity contribution in [3.05, 3.63) is 83.7 Å². The molecule has 1 heterocycles. The van der Waals surface area contributed by atoms with Crippen molar-refractivity contribution in [3.63, 3.8) is 0 Å². The van der Waals surface area contributed by atoms with Gasteiger partial charge < -0.3 is 9.47 Å². The van der Waals surface area contributed by atoms with Gasteiger partial charge in [0.1, 0.15) is 18.1 Å². The molecule has 0 unspecified atom stereocenters. The second kappa shape index (κ2) is 9.36. The minimum atomic E-state index is -0.242. The van der Waals surface area contributed by atoms with Crippen LogP contribution < -0.4 is 9.47 Å². The Morgan fingerprint density at radius 2 is 1.71 bits per heavy atom. The number of benzene rings is 3. The number of hydrogen-bond donors (Lipinski definition) is 0. The van der Waals surface area contributed by atoms with Gasteiger partial charge >= 0.3 is 0 Å². The quantitative estimate of drug-likeness (QED) is 0.251. The molecule has 5 rings (SSSR count). The summed E-state index contributed by atoms with van der Waals surface area (Å²) < 4.78 is 11.1. The molecule has 0 radical (unpaired) electrons. The average Bonchev–Trinajstić information content (AvgIpc) is 3.73. The van der Waals surface area contributed by atoms with E-state index in [1.165, 1.54) is 18.4 Å². The SMILES string of the molecule is C#CCOc1ccc2nc(C(=O)c3ccc(OCC)cc3)nc(-c3ccc(C4CC4)cc3)c2c1. The fourth-order valence-electron chi connectivity index (χ4n) is 3.97. The Kier molecular flexibility index (Phi) is 5.97. The summed E-state index contributed by atoms with van der Waals surface area (Å²) >= 11 is 0. The van der Waals surface area contributed by atoms with Crippen LogP contribution >= 0.6 is 0 Å². The van der Waals surface area contributed by atoms with Gasteiger partial charge in [0, 0.05) is 16.5 Å². The number of aromatic nitrogens is 2. The summed E-state index contributed by atoms with van der Waals surface area (Å²) in [5.41, 5.74) is 4.12. The van der Waals surface area contributed by atoms with E-state index in [4.69, 9.17) is 20.9 Å². The number of carbonyl (C=O) groups is 1. The predicted octanol–water partition coefficient (Wildman–Crippen LogP) is 5.82. The van der Waals surface area contributed by atoms with Gasteiger partial charge in [0.15, 0.2) is 0 Å². The smallest absolute Gasteiger partial charge is 0.230 e. The molecule has 5 heteroatoms. The first-order valence-electron chi connectivity index (χ1n) is 11.4. The van der Waals surface area contributed by atoms with Crippen LogP contribution in [0.4, 0.5) is 0 Å². The second-order valence-corrected chi connectivity index (χ2v) is 8.25. The van der Waals surface area contributed by atoms with Crippen molar-refractivity contribution in [2.24, 2.45) is 0 Å². The van der Waals surface area contributed by atoms with Crippen molar-refractivity contribution >= 4 is 16.7 Å². The first-order valence-corrected chi connectivity index (χ1v) is 11.4. The second-order valence-electron chi connectivity index (χ2n) is 8.25. The Labute approximate surface area is 198 Å². The first-order chi connectivity index (χ1) is 16.7. The molecule has 0 atom stereocenters. The zero-order valence-corrected chi connectivity index (χ0v) is 19.0. The maximum absolute atomic E-state index is 13.3. The van der Waals surface area contributed by atoms with Crippen molar-refractivity contribution in [3.8, 4) is 35.1 Å². The van der Waals surface area contributed by atoms with Crippen LogP contribution in [0.5, 0.6) is 11.5 Å². The number of carbonyl (C=O) groups excluding carboxylic acids is 1. The van der Waals surface area contributed by atoms with Crippen LogP contribution in [0.15, 0.2) is 66.7 Å². The molecule has 4 aromatic rings. The van der Waals surface area contributed by atoms with Gasteiger partial charge in [0.2, 0.25) is 11.6 Å². The lowest BCUT2D eigenvalue weighted by Crippen LogP contribution is -2.09. The number of ether oxygens (including phenoxy) is 2. The molecule has 1 aromatic heterocycles. The lowest BCUT2D eigenvalue weighted by atomic mass is 10.0. The van der Waals surface area contributed by atoms with Gasteiger partial charge in [-0.15, -0.1) is 6.42 Å². The highest BCUT2D eigenvalue weighted by Gasteiger charge is 2.23. The molecule has 1 fully saturated rings. The molecule has 0 spiro atoms. The molecule has 34 heavy (non-hydrogen) atoms. The van der Waals surface area contributed by atoms with E-state index in [0.717, 1.165) is 16.7 Å². The highest BCUT2D eigenvalue weighted by Crippen LogP contribution is 2.40. The summed E-state index contributed by atoms with van der Waals surface area (Å²) in [5.74, 6) is 4.40. The van der Waals surface area contributed by atoms with E-state index >= 15 is 0 Å². The number of terminal acetylenes is 1. The van der Waals surface area contributed by atoms with Crippen LogP contribution in [0.2, 0.25) is 0 Å². The van der Waals surface area contributed by atoms with Crippen LogP contribution in [0.25, 0.3) is 22.2 Å². The van der Waals surface area contributed by atoms with E-state index in [1.54, 1.807) is 30.3 Å². The summed E-state index contributed by atoms with van der Waals surface area (Å²) in [7, 11) is 0. The third-order valence-corrected chi connectivity index (χ3v) is 5.85. The Morgan fingerprint density at radius 3 is 2.38 bits per heavy atom. The van der Waals surface area contributed by atoms with Gasteiger partial charge in [0.05, 0.1) is 17.8 Å². The molecule has 1 saturated carbocycles. The standard InChI is InChI=1S/C29H24N2O3/c1-3-17-34-24-15-16-26-25(18-24)27(21-9-7-20(8-10-21)19-5-6-19)31-29(30-26)28(32)22-11-13-23(14-12-22)33-4-2/h1,7-16,18-19H,4-6,17H2,2H3. The van der Waals surface area contributed by atoms with Gasteiger partial charge in [-0.25, -0.2) is 9.97 Å². The third-order valence-electron chi connectivity index (χ3n) is 5.85. The largest absolute Gasteiger partial charge is 0.494 e. The molecule has 0 bridgehead atoms. The molecule has 168 valence electrons. The van der Waals surface area contributed by atoms with Gasteiger partial charge in [-0.2, -0.15) is 0 Å². The Morgan fingerprint density at radius 1 is 0.971 bits per heavy atom. The lowest BCUT2D eigenvalue weighted by molar-refractivity contribution is 0.103. The summed E-state index contributed by atoms with van der Waals surface area (Å²) in [6, 6.07) is 21.0. The highest BCUT2D eigenvalue weighted by molar-refractivity contribution is 6.08. The van der Waals surface area contributed by atoms with Crippen LogP contribution in [0, 0.1) is 12.3 Å². The van der Waals surface area contributed by atoms with E-state index in [9.17, 15) is 4.79 Å². The van der Waals surface area contributed by atoms with Gasteiger partial charge in [-0.3, -0.25) is 4.79 Å². The maximum atomic E-state index is 13.3. The van der Waals surface area contributed by atoms with E-state index in [-0.39, 0.29) is 18.2 Å². The average molecular weight is 449 g/mol. The first kappa shape index (κ1) is 21.7. The van der Waals surface area contributed by atoms with Crippen molar-refractivity contribution in [2.75, 3.05) is 13.2 Å².